The standard InChI is InChI=1S/C14H27N7/c1-11(2)10-20-6-8-21(9-7-20)14-17-12(15-3)16-13(18-14)19(4)5/h11H,6-10H2,1-5H3,(H,15,16,17,18). The highest BCUT2D eigenvalue weighted by Crippen LogP contribution is 2.17. The summed E-state index contributed by atoms with van der Waals surface area (Å²) in [4.78, 5) is 20.1. The van der Waals surface area contributed by atoms with Crippen LogP contribution in [0.25, 0.3) is 0 Å². The molecule has 1 aliphatic rings. The van der Waals surface area contributed by atoms with E-state index in [1.54, 1.807) is 0 Å². The molecule has 0 aliphatic carbocycles. The Morgan fingerprint density at radius 2 is 1.76 bits per heavy atom. The second-order valence-corrected chi connectivity index (χ2v) is 6.08. The number of hydrogen-bond acceptors (Lipinski definition) is 7. The maximum absolute atomic E-state index is 4.56. The maximum atomic E-state index is 4.56. The molecule has 1 N–H and O–H groups in total. The van der Waals surface area contributed by atoms with Gasteiger partial charge in [-0.15, -0.1) is 0 Å². The molecular formula is C14H27N7. The summed E-state index contributed by atoms with van der Waals surface area (Å²) in [5.74, 6) is 2.79. The molecule has 0 unspecified atom stereocenters. The molecular weight excluding hydrogens is 266 g/mol. The van der Waals surface area contributed by atoms with Gasteiger partial charge in [-0.1, -0.05) is 13.8 Å². The van der Waals surface area contributed by atoms with Gasteiger partial charge in [0.05, 0.1) is 0 Å². The average molecular weight is 293 g/mol. The Balaban J connectivity index is 2.07. The van der Waals surface area contributed by atoms with Crippen molar-refractivity contribution < 1.29 is 0 Å². The zero-order valence-electron chi connectivity index (χ0n) is 13.8. The van der Waals surface area contributed by atoms with E-state index in [9.17, 15) is 0 Å². The fourth-order valence-electron chi connectivity index (χ4n) is 2.45. The minimum Gasteiger partial charge on any atom is -0.357 e. The number of aromatic nitrogens is 3. The van der Waals surface area contributed by atoms with Gasteiger partial charge in [0.25, 0.3) is 0 Å². The van der Waals surface area contributed by atoms with Crippen molar-refractivity contribution in [3.05, 3.63) is 0 Å². The Kier molecular flexibility index (Phi) is 5.17. The zero-order valence-corrected chi connectivity index (χ0v) is 13.8. The van der Waals surface area contributed by atoms with Crippen molar-refractivity contribution >= 4 is 17.8 Å². The number of rotatable bonds is 5. The van der Waals surface area contributed by atoms with Crippen LogP contribution in [0.1, 0.15) is 13.8 Å². The van der Waals surface area contributed by atoms with Crippen LogP contribution in [0.5, 0.6) is 0 Å². The third-order valence-corrected chi connectivity index (χ3v) is 3.51. The molecule has 0 bridgehead atoms. The van der Waals surface area contributed by atoms with Gasteiger partial charge in [0.15, 0.2) is 0 Å². The SMILES string of the molecule is CNc1nc(N(C)C)nc(N2CCN(CC(C)C)CC2)n1. The fraction of sp³-hybridized carbons (Fsp3) is 0.786. The van der Waals surface area contributed by atoms with Crippen LogP contribution in [-0.4, -0.2) is 73.7 Å². The van der Waals surface area contributed by atoms with E-state index in [1.165, 1.54) is 0 Å². The van der Waals surface area contributed by atoms with Crippen molar-refractivity contribution in [3.8, 4) is 0 Å². The van der Waals surface area contributed by atoms with Gasteiger partial charge in [-0.05, 0) is 5.92 Å². The van der Waals surface area contributed by atoms with E-state index in [4.69, 9.17) is 0 Å². The van der Waals surface area contributed by atoms with Gasteiger partial charge < -0.3 is 15.1 Å². The van der Waals surface area contributed by atoms with Gasteiger partial charge in [-0.25, -0.2) is 0 Å². The number of hydrogen-bond donors (Lipinski definition) is 1. The predicted octanol–water partition coefficient (Wildman–Crippen LogP) is 0.757. The van der Waals surface area contributed by atoms with Gasteiger partial charge >= 0.3 is 0 Å². The van der Waals surface area contributed by atoms with Crippen LogP contribution in [-0.2, 0) is 0 Å². The first kappa shape index (κ1) is 15.8. The molecule has 7 heteroatoms. The first-order valence-electron chi connectivity index (χ1n) is 7.58. The molecule has 2 rings (SSSR count). The van der Waals surface area contributed by atoms with Crippen LogP contribution in [0.3, 0.4) is 0 Å². The summed E-state index contributed by atoms with van der Waals surface area (Å²) in [6, 6.07) is 0. The Bertz CT molecular complexity index is 453. The third-order valence-electron chi connectivity index (χ3n) is 3.51. The molecule has 0 aromatic carbocycles. The first-order valence-corrected chi connectivity index (χ1v) is 7.58. The molecule has 1 aromatic rings. The van der Waals surface area contributed by atoms with E-state index in [2.05, 4.69) is 43.9 Å². The van der Waals surface area contributed by atoms with Crippen molar-refractivity contribution in [1.29, 1.82) is 0 Å². The van der Waals surface area contributed by atoms with Crippen molar-refractivity contribution in [1.82, 2.24) is 19.9 Å². The number of anilines is 3. The summed E-state index contributed by atoms with van der Waals surface area (Å²) < 4.78 is 0. The summed E-state index contributed by atoms with van der Waals surface area (Å²) in [5, 5.41) is 3.01. The average Bonchev–Trinajstić information content (AvgIpc) is 2.46. The molecule has 0 radical (unpaired) electrons. The molecule has 2 heterocycles. The summed E-state index contributed by atoms with van der Waals surface area (Å²) >= 11 is 0. The van der Waals surface area contributed by atoms with Crippen LogP contribution in [0.4, 0.5) is 17.8 Å². The van der Waals surface area contributed by atoms with E-state index < -0.39 is 0 Å². The molecule has 1 aliphatic heterocycles. The van der Waals surface area contributed by atoms with Gasteiger partial charge in [0.1, 0.15) is 0 Å². The molecule has 0 atom stereocenters. The Morgan fingerprint density at radius 1 is 1.10 bits per heavy atom. The number of piperazine rings is 1. The fourth-order valence-corrected chi connectivity index (χ4v) is 2.45. The van der Waals surface area contributed by atoms with Crippen molar-refractivity contribution in [2.45, 2.75) is 13.8 Å². The molecule has 118 valence electrons. The smallest absolute Gasteiger partial charge is 0.232 e. The zero-order chi connectivity index (χ0) is 15.4. The van der Waals surface area contributed by atoms with Crippen LogP contribution in [0.15, 0.2) is 0 Å². The van der Waals surface area contributed by atoms with Crippen LogP contribution in [0.2, 0.25) is 0 Å². The summed E-state index contributed by atoms with van der Waals surface area (Å²) in [7, 11) is 5.72. The highest BCUT2D eigenvalue weighted by atomic mass is 15.4. The van der Waals surface area contributed by atoms with E-state index >= 15 is 0 Å². The molecule has 0 spiro atoms. The van der Waals surface area contributed by atoms with Crippen molar-refractivity contribution in [2.75, 3.05) is 69.0 Å². The molecule has 1 fully saturated rings. The van der Waals surface area contributed by atoms with Gasteiger partial charge in [0, 0.05) is 53.9 Å². The van der Waals surface area contributed by atoms with E-state index in [0.29, 0.717) is 17.8 Å². The van der Waals surface area contributed by atoms with E-state index in [1.807, 2.05) is 26.0 Å². The van der Waals surface area contributed by atoms with Crippen LogP contribution in [0, 0.1) is 5.92 Å². The second kappa shape index (κ2) is 6.89. The highest BCUT2D eigenvalue weighted by molar-refractivity contribution is 5.44. The summed E-state index contributed by atoms with van der Waals surface area (Å²) in [6.07, 6.45) is 0. The lowest BCUT2D eigenvalue weighted by atomic mass is 10.2. The largest absolute Gasteiger partial charge is 0.357 e. The van der Waals surface area contributed by atoms with E-state index in [0.717, 1.165) is 38.7 Å². The Morgan fingerprint density at radius 3 is 2.29 bits per heavy atom. The van der Waals surface area contributed by atoms with Gasteiger partial charge in [0.2, 0.25) is 17.8 Å². The predicted molar refractivity (Wildman–Crippen MR) is 87.2 cm³/mol. The van der Waals surface area contributed by atoms with E-state index in [-0.39, 0.29) is 0 Å². The molecule has 21 heavy (non-hydrogen) atoms. The monoisotopic (exact) mass is 293 g/mol. The summed E-state index contributed by atoms with van der Waals surface area (Å²) in [6.45, 7) is 9.75. The van der Waals surface area contributed by atoms with Gasteiger partial charge in [-0.3, -0.25) is 4.90 Å². The third kappa shape index (κ3) is 4.17. The Hall–Kier alpha value is -1.63. The second-order valence-electron chi connectivity index (χ2n) is 6.08. The molecule has 1 saturated heterocycles. The van der Waals surface area contributed by atoms with Crippen LogP contribution < -0.4 is 15.1 Å². The van der Waals surface area contributed by atoms with Crippen LogP contribution >= 0.6 is 0 Å². The Labute approximate surface area is 127 Å². The highest BCUT2D eigenvalue weighted by Gasteiger charge is 2.21. The number of nitrogens with zero attached hydrogens (tertiary/aromatic N) is 6. The topological polar surface area (TPSA) is 60.4 Å². The summed E-state index contributed by atoms with van der Waals surface area (Å²) in [5.41, 5.74) is 0. The normalized spacial score (nSPS) is 16.4. The van der Waals surface area contributed by atoms with Crippen molar-refractivity contribution in [2.24, 2.45) is 5.92 Å². The lowest BCUT2D eigenvalue weighted by Crippen LogP contribution is -2.48. The first-order chi connectivity index (χ1) is 9.99. The number of nitrogens with one attached hydrogen (secondary N) is 1. The molecule has 0 saturated carbocycles. The lowest BCUT2D eigenvalue weighted by Gasteiger charge is -2.35. The van der Waals surface area contributed by atoms with Crippen molar-refractivity contribution in [3.63, 3.8) is 0 Å². The maximum Gasteiger partial charge on any atom is 0.232 e. The van der Waals surface area contributed by atoms with Gasteiger partial charge in [-0.2, -0.15) is 15.0 Å². The lowest BCUT2D eigenvalue weighted by molar-refractivity contribution is 0.230. The molecule has 0 amide bonds. The minimum absolute atomic E-state index is 0.619. The molecule has 7 nitrogen and oxygen atoms in total. The quantitative estimate of drug-likeness (QED) is 0.860. The molecule has 1 aromatic heterocycles. The minimum atomic E-state index is 0.619.